The molecule has 0 bridgehead atoms. The van der Waals surface area contributed by atoms with Gasteiger partial charge in [-0.3, -0.25) is 9.59 Å². The molecule has 0 spiro atoms. The van der Waals surface area contributed by atoms with Gasteiger partial charge in [0.25, 0.3) is 5.56 Å². The van der Waals surface area contributed by atoms with Crippen molar-refractivity contribution in [2.24, 2.45) is 0 Å². The topological polar surface area (TPSA) is 94.7 Å². The molecule has 128 valence electrons. The molecule has 2 aromatic rings. The number of amides is 1. The second-order valence-corrected chi connectivity index (χ2v) is 6.24. The first-order valence-corrected chi connectivity index (χ1v) is 8.44. The van der Waals surface area contributed by atoms with Crippen molar-refractivity contribution in [1.29, 1.82) is 0 Å². The van der Waals surface area contributed by atoms with Gasteiger partial charge in [-0.1, -0.05) is 6.92 Å². The van der Waals surface area contributed by atoms with Gasteiger partial charge in [-0.15, -0.1) is 0 Å². The van der Waals surface area contributed by atoms with E-state index in [1.54, 1.807) is 13.1 Å². The van der Waals surface area contributed by atoms with Gasteiger partial charge in [-0.2, -0.15) is 0 Å². The lowest BCUT2D eigenvalue weighted by Gasteiger charge is -2.31. The largest absolute Gasteiger partial charge is 0.348 e. The number of aromatic nitrogens is 4. The molecule has 1 fully saturated rings. The Kier molecular flexibility index (Phi) is 4.78. The normalized spacial score (nSPS) is 15.7. The van der Waals surface area contributed by atoms with Crippen LogP contribution >= 0.6 is 0 Å². The minimum Gasteiger partial charge on any atom is -0.348 e. The third-order valence-corrected chi connectivity index (χ3v) is 4.69. The fourth-order valence-electron chi connectivity index (χ4n) is 3.21. The van der Waals surface area contributed by atoms with E-state index in [-0.39, 0.29) is 17.9 Å². The molecule has 3 rings (SSSR count). The molecule has 0 radical (unpaired) electrons. The molecule has 7 nitrogen and oxygen atoms in total. The van der Waals surface area contributed by atoms with E-state index in [2.05, 4.69) is 19.9 Å². The van der Waals surface area contributed by atoms with Gasteiger partial charge in [-0.05, 0) is 19.8 Å². The summed E-state index contributed by atoms with van der Waals surface area (Å²) in [6.07, 6.45) is 6.15. The van der Waals surface area contributed by atoms with Crippen LogP contribution in [0.1, 0.15) is 48.6 Å². The maximum Gasteiger partial charge on any atom is 0.254 e. The van der Waals surface area contributed by atoms with Gasteiger partial charge < -0.3 is 14.9 Å². The molecular weight excluding hydrogens is 306 g/mol. The number of nitrogens with zero attached hydrogens (tertiary/aromatic N) is 3. The zero-order valence-electron chi connectivity index (χ0n) is 14.1. The molecule has 2 N–H and O–H groups in total. The van der Waals surface area contributed by atoms with Gasteiger partial charge in [0, 0.05) is 49.1 Å². The van der Waals surface area contributed by atoms with Crippen molar-refractivity contribution in [1.82, 2.24) is 24.8 Å². The number of piperidine rings is 1. The zero-order valence-corrected chi connectivity index (χ0v) is 14.1. The lowest BCUT2D eigenvalue weighted by molar-refractivity contribution is -0.131. The van der Waals surface area contributed by atoms with Gasteiger partial charge in [0.1, 0.15) is 11.6 Å². The Morgan fingerprint density at radius 2 is 2.12 bits per heavy atom. The van der Waals surface area contributed by atoms with Gasteiger partial charge in [0.05, 0.1) is 6.42 Å². The molecule has 3 heterocycles. The molecule has 0 aromatic carbocycles. The number of aryl methyl sites for hydroxylation is 2. The van der Waals surface area contributed by atoms with Crippen molar-refractivity contribution in [2.45, 2.75) is 45.4 Å². The van der Waals surface area contributed by atoms with Crippen LogP contribution < -0.4 is 5.56 Å². The first-order chi connectivity index (χ1) is 11.6. The molecule has 0 aliphatic carbocycles. The highest BCUT2D eigenvalue weighted by Crippen LogP contribution is 2.25. The molecule has 1 saturated heterocycles. The second kappa shape index (κ2) is 6.98. The van der Waals surface area contributed by atoms with Crippen molar-refractivity contribution < 1.29 is 4.79 Å². The number of hydrogen-bond donors (Lipinski definition) is 2. The lowest BCUT2D eigenvalue weighted by atomic mass is 9.95. The Bertz CT molecular complexity index is 758. The van der Waals surface area contributed by atoms with Crippen LogP contribution in [0.3, 0.4) is 0 Å². The Labute approximate surface area is 140 Å². The Balaban J connectivity index is 1.63. The SMILES string of the molecule is CCc1nc(C)c(CC(=O)N2CCC(c3ncc[nH]3)CC2)c(=O)[nH]1. The van der Waals surface area contributed by atoms with Crippen molar-refractivity contribution in [3.05, 3.63) is 45.7 Å². The van der Waals surface area contributed by atoms with E-state index >= 15 is 0 Å². The third-order valence-electron chi connectivity index (χ3n) is 4.69. The lowest BCUT2D eigenvalue weighted by Crippen LogP contribution is -2.40. The van der Waals surface area contributed by atoms with Crippen LogP contribution in [-0.4, -0.2) is 43.8 Å². The monoisotopic (exact) mass is 329 g/mol. The number of imidazole rings is 1. The Morgan fingerprint density at radius 3 is 2.71 bits per heavy atom. The highest BCUT2D eigenvalue weighted by molar-refractivity contribution is 5.79. The van der Waals surface area contributed by atoms with Gasteiger partial charge in [0.2, 0.25) is 5.91 Å². The number of H-pyrrole nitrogens is 2. The Hall–Kier alpha value is -2.44. The molecule has 24 heavy (non-hydrogen) atoms. The fraction of sp³-hybridized carbons (Fsp3) is 0.529. The van der Waals surface area contributed by atoms with E-state index in [1.807, 2.05) is 18.0 Å². The summed E-state index contributed by atoms with van der Waals surface area (Å²) in [7, 11) is 0. The van der Waals surface area contributed by atoms with Crippen LogP contribution in [0.5, 0.6) is 0 Å². The average Bonchev–Trinajstić information content (AvgIpc) is 3.12. The highest BCUT2D eigenvalue weighted by Gasteiger charge is 2.26. The summed E-state index contributed by atoms with van der Waals surface area (Å²) in [5.41, 5.74) is 0.929. The number of hydrogen-bond acceptors (Lipinski definition) is 4. The average molecular weight is 329 g/mol. The molecule has 0 atom stereocenters. The molecule has 1 aliphatic rings. The molecule has 0 unspecified atom stereocenters. The number of rotatable bonds is 4. The summed E-state index contributed by atoms with van der Waals surface area (Å²) in [5, 5.41) is 0. The third kappa shape index (κ3) is 3.39. The summed E-state index contributed by atoms with van der Waals surface area (Å²) < 4.78 is 0. The molecule has 1 amide bonds. The standard InChI is InChI=1S/C17H23N5O2/c1-3-14-20-11(2)13(17(24)21-14)10-15(23)22-8-4-12(5-9-22)16-18-6-7-19-16/h6-7,12H,3-5,8-10H2,1-2H3,(H,18,19)(H,20,21,24). The van der Waals surface area contributed by atoms with Gasteiger partial charge >= 0.3 is 0 Å². The van der Waals surface area contributed by atoms with E-state index in [0.717, 1.165) is 18.7 Å². The van der Waals surface area contributed by atoms with Crippen molar-refractivity contribution in [3.63, 3.8) is 0 Å². The van der Waals surface area contributed by atoms with Crippen LogP contribution in [0.15, 0.2) is 17.2 Å². The van der Waals surface area contributed by atoms with E-state index in [1.165, 1.54) is 0 Å². The summed E-state index contributed by atoms with van der Waals surface area (Å²) in [6, 6.07) is 0. The molecular formula is C17H23N5O2. The summed E-state index contributed by atoms with van der Waals surface area (Å²) in [6.45, 7) is 5.12. The van der Waals surface area contributed by atoms with Crippen LogP contribution in [0.4, 0.5) is 0 Å². The van der Waals surface area contributed by atoms with E-state index in [0.29, 0.717) is 42.5 Å². The van der Waals surface area contributed by atoms with E-state index in [4.69, 9.17) is 0 Å². The van der Waals surface area contributed by atoms with Crippen LogP contribution in [0.25, 0.3) is 0 Å². The number of nitrogens with one attached hydrogen (secondary N) is 2. The number of likely N-dealkylation sites (tertiary alicyclic amines) is 1. The number of aromatic amines is 2. The smallest absolute Gasteiger partial charge is 0.254 e. The minimum atomic E-state index is -0.196. The Morgan fingerprint density at radius 1 is 1.38 bits per heavy atom. The predicted octanol–water partition coefficient (Wildman–Crippen LogP) is 1.31. The minimum absolute atomic E-state index is 0.00690. The van der Waals surface area contributed by atoms with Crippen LogP contribution in [-0.2, 0) is 17.6 Å². The fourth-order valence-corrected chi connectivity index (χ4v) is 3.21. The summed E-state index contributed by atoms with van der Waals surface area (Å²) in [5.74, 6) is 2.02. The van der Waals surface area contributed by atoms with Crippen molar-refractivity contribution in [2.75, 3.05) is 13.1 Å². The van der Waals surface area contributed by atoms with E-state index < -0.39 is 0 Å². The van der Waals surface area contributed by atoms with Crippen LogP contribution in [0.2, 0.25) is 0 Å². The molecule has 7 heteroatoms. The first kappa shape index (κ1) is 16.4. The quantitative estimate of drug-likeness (QED) is 0.884. The van der Waals surface area contributed by atoms with Gasteiger partial charge in [-0.25, -0.2) is 9.97 Å². The molecule has 0 saturated carbocycles. The molecule has 1 aliphatic heterocycles. The maximum absolute atomic E-state index is 12.5. The van der Waals surface area contributed by atoms with E-state index in [9.17, 15) is 9.59 Å². The number of carbonyl (C=O) groups is 1. The molecule has 2 aromatic heterocycles. The summed E-state index contributed by atoms with van der Waals surface area (Å²) in [4.78, 5) is 41.1. The maximum atomic E-state index is 12.5. The van der Waals surface area contributed by atoms with Crippen molar-refractivity contribution in [3.8, 4) is 0 Å². The predicted molar refractivity (Wildman–Crippen MR) is 89.8 cm³/mol. The second-order valence-electron chi connectivity index (χ2n) is 6.24. The van der Waals surface area contributed by atoms with Gasteiger partial charge in [0.15, 0.2) is 0 Å². The van der Waals surface area contributed by atoms with Crippen LogP contribution in [0, 0.1) is 6.92 Å². The van der Waals surface area contributed by atoms with Crippen molar-refractivity contribution >= 4 is 5.91 Å². The number of carbonyl (C=O) groups excluding carboxylic acids is 1. The first-order valence-electron chi connectivity index (χ1n) is 8.44. The summed E-state index contributed by atoms with van der Waals surface area (Å²) >= 11 is 0. The highest BCUT2D eigenvalue weighted by atomic mass is 16.2. The zero-order chi connectivity index (χ0) is 17.1.